The molecule has 0 aliphatic carbocycles. The van der Waals surface area contributed by atoms with Crippen LogP contribution in [0.2, 0.25) is 0 Å². The van der Waals surface area contributed by atoms with Crippen LogP contribution in [-0.4, -0.2) is 60.1 Å². The molecule has 11 heteroatoms. The molecule has 1 aliphatic rings. The van der Waals surface area contributed by atoms with Crippen molar-refractivity contribution in [2.75, 3.05) is 36.1 Å². The molecule has 1 fully saturated rings. The summed E-state index contributed by atoms with van der Waals surface area (Å²) in [6.07, 6.45) is 3.55. The minimum absolute atomic E-state index is 0.0155. The van der Waals surface area contributed by atoms with Gasteiger partial charge in [0, 0.05) is 37.7 Å². The lowest BCUT2D eigenvalue weighted by Gasteiger charge is -2.37. The lowest BCUT2D eigenvalue weighted by molar-refractivity contribution is -0.161. The fraction of sp³-hybridized carbons (Fsp3) is 0.414. The van der Waals surface area contributed by atoms with Crippen LogP contribution in [0, 0.1) is 0 Å². The fourth-order valence-electron chi connectivity index (χ4n) is 4.36. The quantitative estimate of drug-likeness (QED) is 0.272. The molecular formula is C29H33F3N4O4. The Morgan fingerprint density at radius 3 is 2.42 bits per heavy atom. The average molecular weight is 559 g/mol. The SMILES string of the molecule is CC(C)(C)OC(=O)COCC1(F)CCN(c2cncc(N(c3ccccc3)c3cccc(OC(F)F)c3)n2)CC1. The van der Waals surface area contributed by atoms with E-state index in [1.165, 1.54) is 12.1 Å². The number of hydrogen-bond acceptors (Lipinski definition) is 8. The van der Waals surface area contributed by atoms with Crippen molar-refractivity contribution in [2.45, 2.75) is 51.5 Å². The minimum atomic E-state index is -2.95. The number of piperidine rings is 1. The Morgan fingerprint density at radius 2 is 1.75 bits per heavy atom. The number of carbonyl (C=O) groups excluding carboxylic acids is 1. The molecule has 3 aromatic rings. The number of aromatic nitrogens is 2. The molecule has 4 rings (SSSR count). The van der Waals surface area contributed by atoms with Crippen molar-refractivity contribution >= 4 is 29.0 Å². The number of halogens is 3. The second kappa shape index (κ2) is 12.5. The molecule has 40 heavy (non-hydrogen) atoms. The molecule has 2 aromatic carbocycles. The van der Waals surface area contributed by atoms with Gasteiger partial charge in [-0.25, -0.2) is 14.2 Å². The van der Waals surface area contributed by atoms with E-state index in [9.17, 15) is 13.6 Å². The van der Waals surface area contributed by atoms with Crippen LogP contribution in [0.25, 0.3) is 0 Å². The molecule has 214 valence electrons. The Labute approximate surface area is 231 Å². The van der Waals surface area contributed by atoms with Crippen LogP contribution < -0.4 is 14.5 Å². The van der Waals surface area contributed by atoms with Crippen molar-refractivity contribution in [3.63, 3.8) is 0 Å². The number of alkyl halides is 3. The summed E-state index contributed by atoms with van der Waals surface area (Å²) in [5.41, 5.74) is -0.913. The summed E-state index contributed by atoms with van der Waals surface area (Å²) in [4.78, 5) is 24.7. The van der Waals surface area contributed by atoms with Crippen LogP contribution in [0.1, 0.15) is 33.6 Å². The molecular weight excluding hydrogens is 525 g/mol. The summed E-state index contributed by atoms with van der Waals surface area (Å²) in [5.74, 6) is 0.488. The molecule has 1 aliphatic heterocycles. The first-order valence-electron chi connectivity index (χ1n) is 13.0. The highest BCUT2D eigenvalue weighted by Crippen LogP contribution is 2.36. The zero-order chi connectivity index (χ0) is 28.8. The van der Waals surface area contributed by atoms with Gasteiger partial charge in [-0.2, -0.15) is 8.78 Å². The van der Waals surface area contributed by atoms with Crippen LogP contribution >= 0.6 is 0 Å². The standard InChI is InChI=1S/C29H33F3N4O4/c1-28(2,3)40-26(37)19-38-20-29(32)12-14-35(15-13-29)24-17-33-18-25(34-24)36(21-8-5-4-6-9-21)22-10-7-11-23(16-22)39-27(30)31/h4-11,16-18,27H,12-15,19-20H2,1-3H3. The molecule has 0 atom stereocenters. The van der Waals surface area contributed by atoms with Gasteiger partial charge in [-0.15, -0.1) is 0 Å². The Kier molecular flexibility index (Phi) is 9.14. The van der Waals surface area contributed by atoms with E-state index in [-0.39, 0.29) is 31.8 Å². The van der Waals surface area contributed by atoms with Crippen molar-refractivity contribution in [1.82, 2.24) is 9.97 Å². The summed E-state index contributed by atoms with van der Waals surface area (Å²) in [7, 11) is 0. The Morgan fingerprint density at radius 1 is 1.05 bits per heavy atom. The van der Waals surface area contributed by atoms with Crippen molar-refractivity contribution < 1.29 is 32.2 Å². The maximum atomic E-state index is 15.4. The summed E-state index contributed by atoms with van der Waals surface area (Å²) >= 11 is 0. The molecule has 0 N–H and O–H groups in total. The Hall–Kier alpha value is -3.86. The van der Waals surface area contributed by atoms with Gasteiger partial charge >= 0.3 is 12.6 Å². The van der Waals surface area contributed by atoms with Crippen molar-refractivity contribution in [2.24, 2.45) is 0 Å². The normalized spacial score (nSPS) is 15.1. The van der Waals surface area contributed by atoms with Gasteiger partial charge in [-0.1, -0.05) is 24.3 Å². The third-order valence-corrected chi connectivity index (χ3v) is 6.14. The predicted molar refractivity (Wildman–Crippen MR) is 145 cm³/mol. The molecule has 1 aromatic heterocycles. The van der Waals surface area contributed by atoms with Crippen molar-refractivity contribution in [1.29, 1.82) is 0 Å². The average Bonchev–Trinajstić information content (AvgIpc) is 2.89. The molecule has 1 saturated heterocycles. The van der Waals surface area contributed by atoms with Crippen LogP contribution in [0.4, 0.5) is 36.2 Å². The fourth-order valence-corrected chi connectivity index (χ4v) is 4.36. The highest BCUT2D eigenvalue weighted by atomic mass is 19.3. The molecule has 0 radical (unpaired) electrons. The number of esters is 1. The number of carbonyl (C=O) groups is 1. The smallest absolute Gasteiger partial charge is 0.387 e. The second-order valence-electron chi connectivity index (χ2n) is 10.5. The number of benzene rings is 2. The minimum Gasteiger partial charge on any atom is -0.458 e. The molecule has 0 saturated carbocycles. The van der Waals surface area contributed by atoms with E-state index in [0.29, 0.717) is 30.4 Å². The van der Waals surface area contributed by atoms with Gasteiger partial charge in [0.15, 0.2) is 5.82 Å². The monoisotopic (exact) mass is 558 g/mol. The van der Waals surface area contributed by atoms with Crippen LogP contribution in [0.5, 0.6) is 5.75 Å². The lowest BCUT2D eigenvalue weighted by atomic mass is 9.94. The summed E-state index contributed by atoms with van der Waals surface area (Å²) in [6, 6.07) is 15.7. The van der Waals surface area contributed by atoms with Crippen molar-refractivity contribution in [3.05, 3.63) is 67.0 Å². The van der Waals surface area contributed by atoms with Gasteiger partial charge in [0.1, 0.15) is 29.4 Å². The highest BCUT2D eigenvalue weighted by Gasteiger charge is 2.36. The van der Waals surface area contributed by atoms with E-state index < -0.39 is 23.9 Å². The zero-order valence-corrected chi connectivity index (χ0v) is 22.7. The summed E-state index contributed by atoms with van der Waals surface area (Å²) in [5, 5.41) is 0. The van der Waals surface area contributed by atoms with Crippen LogP contribution in [-0.2, 0) is 14.3 Å². The molecule has 0 unspecified atom stereocenters. The number of hydrogen-bond donors (Lipinski definition) is 0. The highest BCUT2D eigenvalue weighted by molar-refractivity contribution is 5.75. The third kappa shape index (κ3) is 8.08. The van der Waals surface area contributed by atoms with Gasteiger partial charge in [0.05, 0.1) is 24.7 Å². The number of rotatable bonds is 10. The molecule has 0 bridgehead atoms. The third-order valence-electron chi connectivity index (χ3n) is 6.14. The van der Waals surface area contributed by atoms with Gasteiger partial charge in [-0.05, 0) is 45.0 Å². The Balaban J connectivity index is 1.47. The molecule has 2 heterocycles. The predicted octanol–water partition coefficient (Wildman–Crippen LogP) is 6.21. The summed E-state index contributed by atoms with van der Waals surface area (Å²) in [6.45, 7) is 2.55. The molecule has 0 amide bonds. The number of nitrogens with zero attached hydrogens (tertiary/aromatic N) is 4. The zero-order valence-electron chi connectivity index (χ0n) is 22.7. The van der Waals surface area contributed by atoms with Crippen LogP contribution in [0.15, 0.2) is 67.0 Å². The largest absolute Gasteiger partial charge is 0.458 e. The van der Waals surface area contributed by atoms with Gasteiger partial charge in [-0.3, -0.25) is 9.88 Å². The van der Waals surface area contributed by atoms with E-state index in [1.807, 2.05) is 35.2 Å². The Bertz CT molecular complexity index is 1270. The number of para-hydroxylation sites is 1. The molecule has 0 spiro atoms. The van der Waals surface area contributed by atoms with E-state index in [2.05, 4.69) is 9.72 Å². The summed E-state index contributed by atoms with van der Waals surface area (Å²) < 4.78 is 56.3. The first-order chi connectivity index (χ1) is 19.0. The van der Waals surface area contributed by atoms with Gasteiger partial charge in [0.2, 0.25) is 0 Å². The van der Waals surface area contributed by atoms with Crippen molar-refractivity contribution in [3.8, 4) is 5.75 Å². The van der Waals surface area contributed by atoms with Gasteiger partial charge in [0.25, 0.3) is 0 Å². The second-order valence-corrected chi connectivity index (χ2v) is 10.5. The van der Waals surface area contributed by atoms with Crippen LogP contribution in [0.3, 0.4) is 0 Å². The lowest BCUT2D eigenvalue weighted by Crippen LogP contribution is -2.45. The van der Waals surface area contributed by atoms with Gasteiger partial charge < -0.3 is 19.1 Å². The van der Waals surface area contributed by atoms with E-state index >= 15 is 4.39 Å². The topological polar surface area (TPSA) is 77.0 Å². The molecule has 8 nitrogen and oxygen atoms in total. The number of ether oxygens (including phenoxy) is 3. The van der Waals surface area contributed by atoms with E-state index in [0.717, 1.165) is 5.69 Å². The first-order valence-corrected chi connectivity index (χ1v) is 13.0. The number of anilines is 4. The van der Waals surface area contributed by atoms with E-state index in [1.54, 1.807) is 50.2 Å². The van der Waals surface area contributed by atoms with E-state index in [4.69, 9.17) is 14.5 Å². The maximum absolute atomic E-state index is 15.4. The first kappa shape index (κ1) is 29.1. The maximum Gasteiger partial charge on any atom is 0.387 e.